The van der Waals surface area contributed by atoms with Crippen molar-refractivity contribution in [1.29, 1.82) is 0 Å². The summed E-state index contributed by atoms with van der Waals surface area (Å²) in [7, 11) is 5.51. The Morgan fingerprint density at radius 2 is 2.04 bits per heavy atom. The van der Waals surface area contributed by atoms with Gasteiger partial charge in [0.25, 0.3) is 5.91 Å². The molecule has 1 aliphatic rings. The summed E-state index contributed by atoms with van der Waals surface area (Å²) in [5.74, 6) is 1.42. The highest BCUT2D eigenvalue weighted by atomic mass is 33.1. The van der Waals surface area contributed by atoms with Crippen molar-refractivity contribution in [2.24, 2.45) is 0 Å². The number of methoxy groups -OCH3 is 1. The highest BCUT2D eigenvalue weighted by Gasteiger charge is 2.18. The monoisotopic (exact) mass is 397 g/mol. The van der Waals surface area contributed by atoms with Gasteiger partial charge in [-0.05, 0) is 43.9 Å². The van der Waals surface area contributed by atoms with E-state index in [1.807, 2.05) is 45.9 Å². The highest BCUT2D eigenvalue weighted by molar-refractivity contribution is 8.77. The van der Waals surface area contributed by atoms with Crippen molar-refractivity contribution >= 4 is 33.5 Å². The van der Waals surface area contributed by atoms with Crippen LogP contribution in [0.15, 0.2) is 24.3 Å². The van der Waals surface area contributed by atoms with Gasteiger partial charge in [-0.1, -0.05) is 40.1 Å². The van der Waals surface area contributed by atoms with E-state index >= 15 is 0 Å². The van der Waals surface area contributed by atoms with Gasteiger partial charge in [-0.2, -0.15) is 0 Å². The van der Waals surface area contributed by atoms with Crippen molar-refractivity contribution in [3.05, 3.63) is 29.8 Å². The Bertz CT molecular complexity index is 573. The smallest absolute Gasteiger partial charge is 0.306 e. The summed E-state index contributed by atoms with van der Waals surface area (Å²) in [5, 5.41) is 3.52. The van der Waals surface area contributed by atoms with Gasteiger partial charge in [0.15, 0.2) is 6.10 Å². The second kappa shape index (κ2) is 11.4. The minimum absolute atomic E-state index is 0.284. The van der Waals surface area contributed by atoms with Gasteiger partial charge >= 0.3 is 5.97 Å². The molecular weight excluding hydrogens is 370 g/mol. The van der Waals surface area contributed by atoms with Crippen molar-refractivity contribution in [3.8, 4) is 5.75 Å². The summed E-state index contributed by atoms with van der Waals surface area (Å²) in [6.45, 7) is 2.00. The summed E-state index contributed by atoms with van der Waals surface area (Å²) in [6, 6.07) is 7.45. The molecule has 1 saturated heterocycles. The summed E-state index contributed by atoms with van der Waals surface area (Å²) in [6.07, 6.45) is 3.88. The summed E-state index contributed by atoms with van der Waals surface area (Å²) >= 11 is 0. The van der Waals surface area contributed by atoms with Gasteiger partial charge in [0.1, 0.15) is 5.75 Å². The number of unbranched alkanes of at least 4 members (excludes halogenated alkanes) is 1. The van der Waals surface area contributed by atoms with Gasteiger partial charge in [-0.3, -0.25) is 9.59 Å². The van der Waals surface area contributed by atoms with Crippen LogP contribution in [0.5, 0.6) is 5.75 Å². The largest absolute Gasteiger partial charge is 0.497 e. The number of carbonyl (C=O) groups is 2. The molecule has 1 N–H and O–H groups in total. The van der Waals surface area contributed by atoms with Crippen LogP contribution in [-0.4, -0.2) is 36.1 Å². The van der Waals surface area contributed by atoms with Gasteiger partial charge in [0.05, 0.1) is 7.11 Å². The molecule has 144 valence electrons. The van der Waals surface area contributed by atoms with Crippen LogP contribution in [0.3, 0.4) is 0 Å². The van der Waals surface area contributed by atoms with Gasteiger partial charge in [-0.15, -0.1) is 0 Å². The predicted molar refractivity (Wildman–Crippen MR) is 107 cm³/mol. The van der Waals surface area contributed by atoms with E-state index in [9.17, 15) is 9.59 Å². The van der Waals surface area contributed by atoms with E-state index in [1.165, 1.54) is 12.2 Å². The summed E-state index contributed by atoms with van der Waals surface area (Å²) < 4.78 is 10.3. The second-order valence-corrected chi connectivity index (χ2v) is 9.06. The number of carbonyl (C=O) groups excluding carboxylic acids is 2. The molecule has 2 atom stereocenters. The van der Waals surface area contributed by atoms with E-state index in [1.54, 1.807) is 14.0 Å². The summed E-state index contributed by atoms with van der Waals surface area (Å²) in [4.78, 5) is 23.9. The number of benzene rings is 1. The predicted octanol–water partition coefficient (Wildman–Crippen LogP) is 3.96. The SMILES string of the molecule is COc1ccc(CNC(=O)[C@@H](C)OC(=O)CCCC[C@@H]2CCSS2)cc1. The first-order valence-electron chi connectivity index (χ1n) is 8.97. The molecule has 5 nitrogen and oxygen atoms in total. The standard InChI is InChI=1S/C19H27NO4S2/c1-14(19(22)20-13-15-7-9-16(23-2)10-8-15)24-18(21)6-4-3-5-17-11-12-25-26-17/h7-10,14,17H,3-6,11-13H2,1-2H3,(H,20,22)/t14-,17-/m1/s1. The molecule has 7 heteroatoms. The molecule has 1 aromatic carbocycles. The molecule has 1 amide bonds. The van der Waals surface area contributed by atoms with Crippen molar-refractivity contribution in [1.82, 2.24) is 5.32 Å². The topological polar surface area (TPSA) is 64.6 Å². The number of amides is 1. The third kappa shape index (κ3) is 7.50. The van der Waals surface area contributed by atoms with E-state index in [2.05, 4.69) is 5.32 Å². The summed E-state index contributed by atoms with van der Waals surface area (Å²) in [5.41, 5.74) is 0.959. The molecule has 2 rings (SSSR count). The molecule has 0 radical (unpaired) electrons. The Hall–Kier alpha value is -1.34. The first-order valence-corrected chi connectivity index (χ1v) is 11.3. The Kier molecular flexibility index (Phi) is 9.18. The first kappa shape index (κ1) is 21.0. The molecular formula is C19H27NO4S2. The molecule has 0 bridgehead atoms. The number of rotatable bonds is 10. The molecule has 0 unspecified atom stereocenters. The lowest BCUT2D eigenvalue weighted by Crippen LogP contribution is -2.35. The fourth-order valence-electron chi connectivity index (χ4n) is 2.59. The Labute approximate surface area is 163 Å². The minimum Gasteiger partial charge on any atom is -0.497 e. The van der Waals surface area contributed by atoms with Crippen molar-refractivity contribution in [2.75, 3.05) is 12.9 Å². The Morgan fingerprint density at radius 1 is 1.27 bits per heavy atom. The zero-order chi connectivity index (χ0) is 18.8. The van der Waals surface area contributed by atoms with E-state index < -0.39 is 6.10 Å². The maximum Gasteiger partial charge on any atom is 0.306 e. The number of esters is 1. The van der Waals surface area contributed by atoms with Crippen LogP contribution in [-0.2, 0) is 20.9 Å². The van der Waals surface area contributed by atoms with E-state index in [4.69, 9.17) is 9.47 Å². The lowest BCUT2D eigenvalue weighted by Gasteiger charge is -2.14. The third-order valence-electron chi connectivity index (χ3n) is 4.19. The molecule has 1 heterocycles. The van der Waals surface area contributed by atoms with Crippen LogP contribution < -0.4 is 10.1 Å². The molecule has 0 aromatic heterocycles. The maximum atomic E-state index is 12.1. The number of ether oxygens (including phenoxy) is 2. The zero-order valence-electron chi connectivity index (χ0n) is 15.4. The minimum atomic E-state index is -0.775. The van der Waals surface area contributed by atoms with Crippen LogP contribution in [0.2, 0.25) is 0 Å². The fraction of sp³-hybridized carbons (Fsp3) is 0.579. The normalized spacial score (nSPS) is 17.5. The maximum absolute atomic E-state index is 12.1. The van der Waals surface area contributed by atoms with Crippen molar-refractivity contribution in [3.63, 3.8) is 0 Å². The lowest BCUT2D eigenvalue weighted by molar-refractivity contribution is -0.155. The van der Waals surface area contributed by atoms with Gasteiger partial charge in [0.2, 0.25) is 0 Å². The zero-order valence-corrected chi connectivity index (χ0v) is 17.0. The van der Waals surface area contributed by atoms with Crippen LogP contribution in [0.4, 0.5) is 0 Å². The molecule has 1 aromatic rings. The van der Waals surface area contributed by atoms with E-state index in [0.717, 1.165) is 35.8 Å². The number of nitrogens with one attached hydrogen (secondary N) is 1. The van der Waals surface area contributed by atoms with Crippen molar-refractivity contribution < 1.29 is 19.1 Å². The van der Waals surface area contributed by atoms with E-state index in [-0.39, 0.29) is 11.9 Å². The Balaban J connectivity index is 1.59. The van der Waals surface area contributed by atoms with Crippen LogP contribution in [0.1, 0.15) is 44.6 Å². The van der Waals surface area contributed by atoms with Crippen molar-refractivity contribution in [2.45, 2.75) is 56.9 Å². The van der Waals surface area contributed by atoms with E-state index in [0.29, 0.717) is 13.0 Å². The Morgan fingerprint density at radius 3 is 2.69 bits per heavy atom. The molecule has 1 aliphatic heterocycles. The quantitative estimate of drug-likeness (QED) is 0.366. The number of hydrogen-bond donors (Lipinski definition) is 1. The van der Waals surface area contributed by atoms with Gasteiger partial charge < -0.3 is 14.8 Å². The first-order chi connectivity index (χ1) is 12.6. The average Bonchev–Trinajstić information content (AvgIpc) is 3.17. The molecule has 0 saturated carbocycles. The van der Waals surface area contributed by atoms with Crippen LogP contribution >= 0.6 is 21.6 Å². The van der Waals surface area contributed by atoms with Crippen LogP contribution in [0, 0.1) is 0 Å². The second-order valence-electron chi connectivity index (χ2n) is 6.27. The highest BCUT2D eigenvalue weighted by Crippen LogP contribution is 2.39. The molecule has 26 heavy (non-hydrogen) atoms. The van der Waals surface area contributed by atoms with Crippen LogP contribution in [0.25, 0.3) is 0 Å². The lowest BCUT2D eigenvalue weighted by atomic mass is 10.1. The number of hydrogen-bond acceptors (Lipinski definition) is 6. The fourth-order valence-corrected chi connectivity index (χ4v) is 5.62. The molecule has 1 fully saturated rings. The third-order valence-corrected chi connectivity index (χ3v) is 7.19. The molecule has 0 spiro atoms. The van der Waals surface area contributed by atoms with Gasteiger partial charge in [0, 0.05) is 24.0 Å². The van der Waals surface area contributed by atoms with Gasteiger partial charge in [-0.25, -0.2) is 0 Å². The molecule has 0 aliphatic carbocycles. The average molecular weight is 398 g/mol.